The lowest BCUT2D eigenvalue weighted by molar-refractivity contribution is -0.133. The number of hydrogen-bond acceptors (Lipinski definition) is 3. The zero-order chi connectivity index (χ0) is 16.0. The zero-order valence-corrected chi connectivity index (χ0v) is 15.6. The molecule has 0 N–H and O–H groups in total. The summed E-state index contributed by atoms with van der Waals surface area (Å²) in [4.78, 5) is 11.8. The van der Waals surface area contributed by atoms with E-state index in [0.29, 0.717) is 5.75 Å². The topological polar surface area (TPSA) is 35.5 Å². The molecule has 0 bridgehead atoms. The van der Waals surface area contributed by atoms with Crippen LogP contribution in [0.1, 0.15) is 58.8 Å². The van der Waals surface area contributed by atoms with Crippen molar-refractivity contribution in [1.29, 1.82) is 0 Å². The summed E-state index contributed by atoms with van der Waals surface area (Å²) in [6.07, 6.45) is 7.82. The molecule has 1 aliphatic rings. The molecule has 1 aliphatic carbocycles. The smallest absolute Gasteiger partial charge is 0.324 e. The SMILES string of the molecule is CCCC1(Oc2ccc(OC(=O)C(I)CC)cc2)CCCC1. The van der Waals surface area contributed by atoms with Gasteiger partial charge in [0.25, 0.3) is 0 Å². The number of hydrogen-bond donors (Lipinski definition) is 0. The third-order valence-electron chi connectivity index (χ3n) is 4.21. The van der Waals surface area contributed by atoms with Gasteiger partial charge in [0.1, 0.15) is 21.0 Å². The van der Waals surface area contributed by atoms with Gasteiger partial charge in [0.15, 0.2) is 0 Å². The van der Waals surface area contributed by atoms with E-state index in [1.54, 1.807) is 0 Å². The van der Waals surface area contributed by atoms with Crippen molar-refractivity contribution in [3.63, 3.8) is 0 Å². The Kier molecular flexibility index (Phi) is 6.53. The van der Waals surface area contributed by atoms with Crippen LogP contribution in [-0.2, 0) is 4.79 Å². The molecular formula is C18H25IO3. The molecule has 1 aromatic rings. The monoisotopic (exact) mass is 416 g/mol. The van der Waals surface area contributed by atoms with Gasteiger partial charge in [0, 0.05) is 0 Å². The van der Waals surface area contributed by atoms with Gasteiger partial charge >= 0.3 is 5.97 Å². The van der Waals surface area contributed by atoms with Crippen LogP contribution in [0.4, 0.5) is 0 Å². The van der Waals surface area contributed by atoms with Gasteiger partial charge in [-0.05, 0) is 62.8 Å². The second kappa shape index (κ2) is 8.18. The molecule has 0 spiro atoms. The lowest BCUT2D eigenvalue weighted by atomic mass is 9.96. The number of alkyl halides is 1. The van der Waals surface area contributed by atoms with Crippen molar-refractivity contribution < 1.29 is 14.3 Å². The van der Waals surface area contributed by atoms with Crippen LogP contribution >= 0.6 is 22.6 Å². The Morgan fingerprint density at radius 2 is 1.77 bits per heavy atom. The summed E-state index contributed by atoms with van der Waals surface area (Å²) in [7, 11) is 0. The first-order chi connectivity index (χ1) is 10.6. The van der Waals surface area contributed by atoms with Gasteiger partial charge in [-0.15, -0.1) is 0 Å². The average Bonchev–Trinajstić information content (AvgIpc) is 2.97. The van der Waals surface area contributed by atoms with E-state index < -0.39 is 0 Å². The summed E-state index contributed by atoms with van der Waals surface area (Å²) < 4.78 is 11.6. The molecule has 22 heavy (non-hydrogen) atoms. The Morgan fingerprint density at radius 3 is 2.32 bits per heavy atom. The minimum absolute atomic E-state index is 0.0163. The van der Waals surface area contributed by atoms with Crippen molar-refractivity contribution in [2.75, 3.05) is 0 Å². The molecule has 3 nitrogen and oxygen atoms in total. The fourth-order valence-corrected chi connectivity index (χ4v) is 3.18. The van der Waals surface area contributed by atoms with Crippen LogP contribution in [0.25, 0.3) is 0 Å². The van der Waals surface area contributed by atoms with Gasteiger partial charge in [-0.1, -0.05) is 42.9 Å². The molecule has 1 fully saturated rings. The highest BCUT2D eigenvalue weighted by atomic mass is 127. The van der Waals surface area contributed by atoms with E-state index in [9.17, 15) is 4.79 Å². The predicted octanol–water partition coefficient (Wildman–Crippen LogP) is 5.30. The first-order valence-corrected chi connectivity index (χ1v) is 9.48. The maximum Gasteiger partial charge on any atom is 0.324 e. The third kappa shape index (κ3) is 4.61. The van der Waals surface area contributed by atoms with E-state index in [1.165, 1.54) is 12.8 Å². The molecule has 0 heterocycles. The van der Waals surface area contributed by atoms with Crippen molar-refractivity contribution in [3.05, 3.63) is 24.3 Å². The molecule has 0 saturated heterocycles. The van der Waals surface area contributed by atoms with E-state index in [0.717, 1.165) is 37.9 Å². The van der Waals surface area contributed by atoms with Crippen LogP contribution in [0.15, 0.2) is 24.3 Å². The van der Waals surface area contributed by atoms with Crippen molar-refractivity contribution >= 4 is 28.6 Å². The summed E-state index contributed by atoms with van der Waals surface area (Å²) in [6.45, 7) is 4.18. The maximum atomic E-state index is 11.8. The number of rotatable bonds is 7. The second-order valence-corrected chi connectivity index (χ2v) is 7.51. The maximum absolute atomic E-state index is 11.8. The number of halogens is 1. The standard InChI is InChI=1S/C18H25IO3/c1-3-11-18(12-5-6-13-18)22-15-9-7-14(8-10-15)21-17(20)16(19)4-2/h7-10,16H,3-6,11-13H2,1-2H3. The molecule has 1 saturated carbocycles. The highest BCUT2D eigenvalue weighted by Crippen LogP contribution is 2.38. The first-order valence-electron chi connectivity index (χ1n) is 8.23. The number of carbonyl (C=O) groups is 1. The Hall–Kier alpha value is -0.780. The third-order valence-corrected chi connectivity index (χ3v) is 5.60. The lowest BCUT2D eigenvalue weighted by Crippen LogP contribution is -2.32. The molecule has 122 valence electrons. The van der Waals surface area contributed by atoms with Crippen LogP contribution < -0.4 is 9.47 Å². The Labute approximate surface area is 146 Å². The molecular weight excluding hydrogens is 391 g/mol. The van der Waals surface area contributed by atoms with Crippen LogP contribution in [0.3, 0.4) is 0 Å². The summed E-state index contributed by atoms with van der Waals surface area (Å²) >= 11 is 2.11. The molecule has 0 radical (unpaired) electrons. The number of esters is 1. The second-order valence-electron chi connectivity index (χ2n) is 6.01. The van der Waals surface area contributed by atoms with Crippen LogP contribution in [0.2, 0.25) is 0 Å². The van der Waals surface area contributed by atoms with Gasteiger partial charge < -0.3 is 9.47 Å². The summed E-state index contributed by atoms with van der Waals surface area (Å²) in [5, 5.41) is 0. The van der Waals surface area contributed by atoms with E-state index in [4.69, 9.17) is 9.47 Å². The number of benzene rings is 1. The lowest BCUT2D eigenvalue weighted by Gasteiger charge is -2.30. The average molecular weight is 416 g/mol. The van der Waals surface area contributed by atoms with Gasteiger partial charge in [-0.3, -0.25) is 4.79 Å². The summed E-state index contributed by atoms with van der Waals surface area (Å²) in [5.41, 5.74) is 0.0163. The molecule has 1 unspecified atom stereocenters. The molecule has 2 rings (SSSR count). The minimum atomic E-state index is -0.185. The van der Waals surface area contributed by atoms with Gasteiger partial charge in [0.2, 0.25) is 0 Å². The predicted molar refractivity (Wildman–Crippen MR) is 96.9 cm³/mol. The molecule has 4 heteroatoms. The summed E-state index contributed by atoms with van der Waals surface area (Å²) in [6, 6.07) is 7.46. The van der Waals surface area contributed by atoms with Gasteiger partial charge in [-0.2, -0.15) is 0 Å². The zero-order valence-electron chi connectivity index (χ0n) is 13.4. The van der Waals surface area contributed by atoms with Crippen molar-refractivity contribution in [1.82, 2.24) is 0 Å². The number of ether oxygens (including phenoxy) is 2. The first kappa shape index (κ1) is 17.6. The number of carbonyl (C=O) groups excluding carboxylic acids is 1. The van der Waals surface area contributed by atoms with Crippen LogP contribution in [0.5, 0.6) is 11.5 Å². The van der Waals surface area contributed by atoms with E-state index >= 15 is 0 Å². The largest absolute Gasteiger partial charge is 0.487 e. The molecule has 0 aromatic heterocycles. The minimum Gasteiger partial charge on any atom is -0.487 e. The van der Waals surface area contributed by atoms with Crippen LogP contribution in [0, 0.1) is 0 Å². The van der Waals surface area contributed by atoms with E-state index in [1.807, 2.05) is 31.2 Å². The summed E-state index contributed by atoms with van der Waals surface area (Å²) in [5.74, 6) is 1.27. The van der Waals surface area contributed by atoms with Gasteiger partial charge in [-0.25, -0.2) is 0 Å². The fourth-order valence-electron chi connectivity index (χ4n) is 3.05. The molecule has 0 amide bonds. The van der Waals surface area contributed by atoms with E-state index in [2.05, 4.69) is 29.5 Å². The fraction of sp³-hybridized carbons (Fsp3) is 0.611. The molecule has 0 aliphatic heterocycles. The molecule has 1 aromatic carbocycles. The van der Waals surface area contributed by atoms with Crippen molar-refractivity contribution in [2.24, 2.45) is 0 Å². The Balaban J connectivity index is 1.98. The van der Waals surface area contributed by atoms with E-state index in [-0.39, 0.29) is 15.5 Å². The van der Waals surface area contributed by atoms with Crippen molar-refractivity contribution in [3.8, 4) is 11.5 Å². The Morgan fingerprint density at radius 1 is 1.18 bits per heavy atom. The highest BCUT2D eigenvalue weighted by Gasteiger charge is 2.35. The van der Waals surface area contributed by atoms with Crippen LogP contribution in [-0.4, -0.2) is 15.5 Å². The highest BCUT2D eigenvalue weighted by molar-refractivity contribution is 14.1. The molecule has 1 atom stereocenters. The van der Waals surface area contributed by atoms with Gasteiger partial charge in [0.05, 0.1) is 0 Å². The van der Waals surface area contributed by atoms with Crippen molar-refractivity contribution in [2.45, 2.75) is 68.3 Å². The Bertz CT molecular complexity index is 478. The normalized spacial score (nSPS) is 18.0. The quantitative estimate of drug-likeness (QED) is 0.262.